The molecule has 0 spiro atoms. The standard InChI is InChI=1S/C23H27F2N5O.HI/c1-26-23(27-14-21(31)30-12-5-7-16-6-2-3-10-20(16)30)28-17-11-13-29(15-17)22-18(24)8-4-9-19(22)25;/h2-4,6,8-10,17H,5,7,11-15H2,1H3,(H2,26,27,28);1H. The molecule has 2 aliphatic heterocycles. The van der Waals surface area contributed by atoms with E-state index in [1.807, 2.05) is 23.1 Å². The molecule has 32 heavy (non-hydrogen) atoms. The fourth-order valence-corrected chi connectivity index (χ4v) is 4.31. The third-order valence-electron chi connectivity index (χ3n) is 5.82. The average Bonchev–Trinajstić information content (AvgIpc) is 3.23. The predicted octanol–water partition coefficient (Wildman–Crippen LogP) is 3.31. The molecule has 1 fully saturated rings. The van der Waals surface area contributed by atoms with Crippen molar-refractivity contribution < 1.29 is 13.6 Å². The minimum absolute atomic E-state index is 0. The van der Waals surface area contributed by atoms with Gasteiger partial charge in [0.25, 0.3) is 0 Å². The highest BCUT2D eigenvalue weighted by molar-refractivity contribution is 14.0. The lowest BCUT2D eigenvalue weighted by Gasteiger charge is -2.30. The van der Waals surface area contributed by atoms with Gasteiger partial charge in [-0.05, 0) is 43.0 Å². The van der Waals surface area contributed by atoms with E-state index in [9.17, 15) is 13.6 Å². The van der Waals surface area contributed by atoms with Gasteiger partial charge in [0.05, 0.1) is 6.54 Å². The van der Waals surface area contributed by atoms with Gasteiger partial charge in [-0.3, -0.25) is 9.79 Å². The van der Waals surface area contributed by atoms with Crippen molar-refractivity contribution in [1.82, 2.24) is 10.6 Å². The van der Waals surface area contributed by atoms with Crippen LogP contribution in [0.15, 0.2) is 47.5 Å². The summed E-state index contributed by atoms with van der Waals surface area (Å²) in [7, 11) is 1.64. The number of rotatable bonds is 4. The molecule has 2 aliphatic rings. The Bertz CT molecular complexity index is 966. The zero-order valence-corrected chi connectivity index (χ0v) is 20.3. The van der Waals surface area contributed by atoms with E-state index in [1.165, 1.54) is 23.8 Å². The summed E-state index contributed by atoms with van der Waals surface area (Å²) in [5, 5.41) is 6.35. The number of carbonyl (C=O) groups excluding carboxylic acids is 1. The number of amides is 1. The zero-order chi connectivity index (χ0) is 21.8. The largest absolute Gasteiger partial charge is 0.365 e. The monoisotopic (exact) mass is 555 g/mol. The summed E-state index contributed by atoms with van der Waals surface area (Å²) in [5.41, 5.74) is 2.17. The summed E-state index contributed by atoms with van der Waals surface area (Å²) >= 11 is 0. The second kappa shape index (κ2) is 10.9. The van der Waals surface area contributed by atoms with Gasteiger partial charge >= 0.3 is 0 Å². The van der Waals surface area contributed by atoms with Crippen LogP contribution in [0.3, 0.4) is 0 Å². The quantitative estimate of drug-likeness (QED) is 0.346. The van der Waals surface area contributed by atoms with Crippen molar-refractivity contribution in [2.75, 3.05) is 43.0 Å². The van der Waals surface area contributed by atoms with Crippen molar-refractivity contribution in [3.05, 3.63) is 59.7 Å². The van der Waals surface area contributed by atoms with E-state index in [1.54, 1.807) is 11.9 Å². The van der Waals surface area contributed by atoms with Gasteiger partial charge in [-0.2, -0.15) is 0 Å². The molecule has 1 atom stereocenters. The van der Waals surface area contributed by atoms with E-state index in [-0.39, 0.29) is 48.2 Å². The molecular formula is C23H28F2IN5O. The van der Waals surface area contributed by atoms with Crippen LogP contribution < -0.4 is 20.4 Å². The smallest absolute Gasteiger partial charge is 0.246 e. The van der Waals surface area contributed by atoms with E-state index in [2.05, 4.69) is 21.7 Å². The molecule has 6 nitrogen and oxygen atoms in total. The molecule has 2 heterocycles. The molecule has 1 unspecified atom stereocenters. The molecule has 2 aromatic carbocycles. The van der Waals surface area contributed by atoms with Crippen molar-refractivity contribution in [2.45, 2.75) is 25.3 Å². The molecule has 4 rings (SSSR count). The number of anilines is 2. The summed E-state index contributed by atoms with van der Waals surface area (Å²) < 4.78 is 28.1. The Labute approximate surface area is 204 Å². The summed E-state index contributed by atoms with van der Waals surface area (Å²) in [6.45, 7) is 1.81. The molecule has 0 aliphatic carbocycles. The number of hydrogen-bond donors (Lipinski definition) is 2. The Hall–Kier alpha value is -2.43. The molecule has 0 radical (unpaired) electrons. The number of hydrogen-bond acceptors (Lipinski definition) is 3. The Morgan fingerprint density at radius 1 is 1.12 bits per heavy atom. The second-order valence-electron chi connectivity index (χ2n) is 7.85. The van der Waals surface area contributed by atoms with Gasteiger partial charge in [0, 0.05) is 38.4 Å². The number of fused-ring (bicyclic) bond motifs is 1. The van der Waals surface area contributed by atoms with Crippen LogP contribution >= 0.6 is 24.0 Å². The minimum Gasteiger partial charge on any atom is -0.365 e. The van der Waals surface area contributed by atoms with E-state index in [0.717, 1.165) is 18.5 Å². The lowest BCUT2D eigenvalue weighted by Crippen LogP contribution is -2.49. The Morgan fingerprint density at radius 2 is 1.88 bits per heavy atom. The Balaban J connectivity index is 0.00000289. The molecule has 0 saturated carbocycles. The highest BCUT2D eigenvalue weighted by Crippen LogP contribution is 2.27. The van der Waals surface area contributed by atoms with Crippen LogP contribution in [0, 0.1) is 11.6 Å². The molecule has 0 aromatic heterocycles. The Morgan fingerprint density at radius 3 is 2.62 bits per heavy atom. The lowest BCUT2D eigenvalue weighted by atomic mass is 10.0. The van der Waals surface area contributed by atoms with Crippen molar-refractivity contribution in [1.29, 1.82) is 0 Å². The normalized spacial score (nSPS) is 18.1. The van der Waals surface area contributed by atoms with Gasteiger partial charge in [-0.1, -0.05) is 24.3 Å². The number of halogens is 3. The van der Waals surface area contributed by atoms with Crippen LogP contribution in [0.4, 0.5) is 20.2 Å². The molecular weight excluding hydrogens is 527 g/mol. The van der Waals surface area contributed by atoms with Gasteiger partial charge in [-0.15, -0.1) is 24.0 Å². The van der Waals surface area contributed by atoms with Gasteiger partial charge in [0.2, 0.25) is 5.91 Å². The van der Waals surface area contributed by atoms with Crippen LogP contribution in [0.2, 0.25) is 0 Å². The number of guanidine groups is 1. The molecule has 0 bridgehead atoms. The predicted molar refractivity (Wildman–Crippen MR) is 134 cm³/mol. The highest BCUT2D eigenvalue weighted by Gasteiger charge is 2.28. The number of carbonyl (C=O) groups is 1. The second-order valence-corrected chi connectivity index (χ2v) is 7.85. The van der Waals surface area contributed by atoms with E-state index >= 15 is 0 Å². The third-order valence-corrected chi connectivity index (χ3v) is 5.82. The first-order valence-corrected chi connectivity index (χ1v) is 10.6. The molecule has 2 N–H and O–H groups in total. The van der Waals surface area contributed by atoms with Gasteiger partial charge in [0.1, 0.15) is 17.3 Å². The summed E-state index contributed by atoms with van der Waals surface area (Å²) in [5.74, 6) is -0.637. The maximum atomic E-state index is 14.1. The molecule has 1 saturated heterocycles. The van der Waals surface area contributed by atoms with E-state index in [4.69, 9.17) is 0 Å². The van der Waals surface area contributed by atoms with Crippen molar-refractivity contribution in [3.8, 4) is 0 Å². The van der Waals surface area contributed by atoms with Gasteiger partial charge in [0.15, 0.2) is 5.96 Å². The number of nitrogens with zero attached hydrogens (tertiary/aromatic N) is 3. The van der Waals surface area contributed by atoms with Gasteiger partial charge < -0.3 is 20.4 Å². The topological polar surface area (TPSA) is 60.0 Å². The first-order chi connectivity index (χ1) is 15.1. The maximum absolute atomic E-state index is 14.1. The number of aryl methyl sites for hydroxylation is 1. The first kappa shape index (κ1) is 24.2. The summed E-state index contributed by atoms with van der Waals surface area (Å²) in [4.78, 5) is 20.5. The van der Waals surface area contributed by atoms with Crippen LogP contribution in [0.5, 0.6) is 0 Å². The summed E-state index contributed by atoms with van der Waals surface area (Å²) in [6.07, 6.45) is 2.64. The van der Waals surface area contributed by atoms with Crippen LogP contribution in [0.1, 0.15) is 18.4 Å². The number of aliphatic imine (C=N–C) groups is 1. The molecule has 9 heteroatoms. The first-order valence-electron chi connectivity index (χ1n) is 10.6. The van der Waals surface area contributed by atoms with Gasteiger partial charge in [-0.25, -0.2) is 8.78 Å². The molecule has 2 aromatic rings. The SMILES string of the molecule is CN=C(NCC(=O)N1CCCc2ccccc21)NC1CCN(c2c(F)cccc2F)C1.I. The van der Waals surface area contributed by atoms with Crippen molar-refractivity contribution >= 4 is 47.2 Å². The lowest BCUT2D eigenvalue weighted by molar-refractivity contribution is -0.117. The fraction of sp³-hybridized carbons (Fsp3) is 0.391. The Kier molecular flexibility index (Phi) is 8.27. The number of nitrogens with one attached hydrogen (secondary N) is 2. The van der Waals surface area contributed by atoms with E-state index < -0.39 is 11.6 Å². The van der Waals surface area contributed by atoms with Crippen molar-refractivity contribution in [2.24, 2.45) is 4.99 Å². The minimum atomic E-state index is -0.560. The van der Waals surface area contributed by atoms with Crippen LogP contribution in [-0.2, 0) is 11.2 Å². The summed E-state index contributed by atoms with van der Waals surface area (Å²) in [6, 6.07) is 11.9. The number of benzene rings is 2. The van der Waals surface area contributed by atoms with Crippen LogP contribution in [0.25, 0.3) is 0 Å². The zero-order valence-electron chi connectivity index (χ0n) is 18.0. The average molecular weight is 555 g/mol. The number of para-hydroxylation sites is 2. The maximum Gasteiger partial charge on any atom is 0.246 e. The fourth-order valence-electron chi connectivity index (χ4n) is 4.31. The third kappa shape index (κ3) is 5.31. The van der Waals surface area contributed by atoms with Crippen molar-refractivity contribution in [3.63, 3.8) is 0 Å². The molecule has 172 valence electrons. The van der Waals surface area contributed by atoms with Crippen LogP contribution in [-0.4, -0.2) is 51.1 Å². The highest BCUT2D eigenvalue weighted by atomic mass is 127. The molecule has 1 amide bonds. The van der Waals surface area contributed by atoms with E-state index in [0.29, 0.717) is 32.0 Å².